The fourth-order valence-corrected chi connectivity index (χ4v) is 7.41. The Hall–Kier alpha value is -0.0800. The van der Waals surface area contributed by atoms with E-state index in [1.807, 2.05) is 0 Å². The molecule has 17 heavy (non-hydrogen) atoms. The Kier molecular flexibility index (Phi) is 5.79. The van der Waals surface area contributed by atoms with Crippen molar-refractivity contribution in [2.24, 2.45) is 0 Å². The summed E-state index contributed by atoms with van der Waals surface area (Å²) in [4.78, 5) is 0. The van der Waals surface area contributed by atoms with Crippen molar-refractivity contribution in [1.82, 2.24) is 0 Å². The summed E-state index contributed by atoms with van der Waals surface area (Å²) in [5.41, 5.74) is 2.05. The van der Waals surface area contributed by atoms with Crippen LogP contribution in [0.5, 0.6) is 0 Å². The molecule has 0 aliphatic heterocycles. The molecule has 0 bridgehead atoms. The molecule has 0 aromatic carbocycles. The van der Waals surface area contributed by atoms with Gasteiger partial charge in [-0.15, -0.1) is 0 Å². The van der Waals surface area contributed by atoms with Gasteiger partial charge in [-0.05, 0) is 43.2 Å². The lowest BCUT2D eigenvalue weighted by atomic mass is 9.99. The molecule has 0 saturated heterocycles. The van der Waals surface area contributed by atoms with E-state index in [0.29, 0.717) is 0 Å². The standard InChI is InChI=1S/C15H26NP/c16-12-7-13-17(14-8-3-1-4-9-14)15-10-5-2-6-11-15/h14-15H,1-11,13H2. The predicted molar refractivity (Wildman–Crippen MR) is 75.8 cm³/mol. The molecule has 0 radical (unpaired) electrons. The Morgan fingerprint density at radius 3 is 1.71 bits per heavy atom. The third kappa shape index (κ3) is 3.96. The maximum Gasteiger partial charge on any atom is 0.0625 e. The second-order valence-electron chi connectivity index (χ2n) is 5.73. The molecule has 0 heterocycles. The van der Waals surface area contributed by atoms with Crippen LogP contribution in [0.15, 0.2) is 0 Å². The second-order valence-corrected chi connectivity index (χ2v) is 8.67. The van der Waals surface area contributed by atoms with E-state index >= 15 is 0 Å². The zero-order valence-corrected chi connectivity index (χ0v) is 11.9. The van der Waals surface area contributed by atoms with Crippen LogP contribution in [0.2, 0.25) is 0 Å². The molecule has 0 amide bonds. The van der Waals surface area contributed by atoms with E-state index in [-0.39, 0.29) is 7.92 Å². The molecule has 96 valence electrons. The number of hydrogen-bond donors (Lipinski definition) is 0. The van der Waals surface area contributed by atoms with Crippen LogP contribution < -0.4 is 0 Å². The van der Waals surface area contributed by atoms with Crippen LogP contribution in [0, 0.1) is 11.3 Å². The average Bonchev–Trinajstić information content (AvgIpc) is 2.42. The van der Waals surface area contributed by atoms with Gasteiger partial charge in [-0.3, -0.25) is 0 Å². The van der Waals surface area contributed by atoms with Crippen LogP contribution >= 0.6 is 7.92 Å². The molecule has 0 spiro atoms. The van der Waals surface area contributed by atoms with Crippen LogP contribution in [0.4, 0.5) is 0 Å². The Labute approximate surface area is 108 Å². The highest BCUT2D eigenvalue weighted by molar-refractivity contribution is 7.59. The Morgan fingerprint density at radius 2 is 1.29 bits per heavy atom. The molecule has 0 unspecified atom stereocenters. The first-order chi connectivity index (χ1) is 8.42. The van der Waals surface area contributed by atoms with E-state index in [1.165, 1.54) is 70.4 Å². The van der Waals surface area contributed by atoms with E-state index in [9.17, 15) is 0 Å². The lowest BCUT2D eigenvalue weighted by molar-refractivity contribution is 0.484. The fraction of sp³-hybridized carbons (Fsp3) is 0.933. The van der Waals surface area contributed by atoms with Gasteiger partial charge in [0.15, 0.2) is 0 Å². The Bertz CT molecular complexity index is 228. The molecule has 0 N–H and O–H groups in total. The topological polar surface area (TPSA) is 23.8 Å². The number of nitriles is 1. The molecule has 2 fully saturated rings. The van der Waals surface area contributed by atoms with E-state index < -0.39 is 0 Å². The highest BCUT2D eigenvalue weighted by Gasteiger charge is 2.30. The van der Waals surface area contributed by atoms with Gasteiger partial charge in [-0.2, -0.15) is 5.26 Å². The molecule has 2 heteroatoms. The minimum absolute atomic E-state index is 0.175. The molecule has 0 aromatic heterocycles. The zero-order chi connectivity index (χ0) is 11.9. The Balaban J connectivity index is 1.92. The third-order valence-corrected chi connectivity index (χ3v) is 8.22. The summed E-state index contributed by atoms with van der Waals surface area (Å²) in [6.45, 7) is 0. The highest BCUT2D eigenvalue weighted by Crippen LogP contribution is 2.55. The van der Waals surface area contributed by atoms with Crippen LogP contribution in [-0.4, -0.2) is 17.5 Å². The molecule has 1 nitrogen and oxygen atoms in total. The van der Waals surface area contributed by atoms with Crippen LogP contribution in [0.1, 0.15) is 70.6 Å². The molecular formula is C15H26NP. The van der Waals surface area contributed by atoms with Crippen molar-refractivity contribution in [1.29, 1.82) is 5.26 Å². The van der Waals surface area contributed by atoms with Crippen molar-refractivity contribution in [2.45, 2.75) is 81.9 Å². The lowest BCUT2D eigenvalue weighted by Crippen LogP contribution is -2.21. The second kappa shape index (κ2) is 7.38. The zero-order valence-electron chi connectivity index (χ0n) is 11.0. The van der Waals surface area contributed by atoms with E-state index in [2.05, 4.69) is 6.07 Å². The summed E-state index contributed by atoms with van der Waals surface area (Å²) >= 11 is 0. The van der Waals surface area contributed by atoms with Gasteiger partial charge in [0.1, 0.15) is 0 Å². The predicted octanol–water partition coefficient (Wildman–Crippen LogP) is 5.05. The largest absolute Gasteiger partial charge is 0.198 e. The van der Waals surface area contributed by atoms with Gasteiger partial charge in [0.2, 0.25) is 0 Å². The van der Waals surface area contributed by atoms with Crippen molar-refractivity contribution in [3.05, 3.63) is 0 Å². The van der Waals surface area contributed by atoms with Gasteiger partial charge in [0.25, 0.3) is 0 Å². The minimum Gasteiger partial charge on any atom is -0.198 e. The van der Waals surface area contributed by atoms with Crippen molar-refractivity contribution in [3.8, 4) is 6.07 Å². The van der Waals surface area contributed by atoms with E-state index in [4.69, 9.17) is 5.26 Å². The number of rotatable bonds is 4. The van der Waals surface area contributed by atoms with Crippen LogP contribution in [-0.2, 0) is 0 Å². The number of nitrogens with zero attached hydrogens (tertiary/aromatic N) is 1. The summed E-state index contributed by atoms with van der Waals surface area (Å²) in [5.74, 6) is 0. The SMILES string of the molecule is N#CCCP(C1CCCCC1)C1CCCCC1. The summed E-state index contributed by atoms with van der Waals surface area (Å²) in [6.07, 6.45) is 16.8. The summed E-state index contributed by atoms with van der Waals surface area (Å²) in [7, 11) is 0.175. The first-order valence-electron chi connectivity index (χ1n) is 7.54. The molecule has 2 saturated carbocycles. The normalized spacial score (nSPS) is 23.8. The van der Waals surface area contributed by atoms with Crippen molar-refractivity contribution in [3.63, 3.8) is 0 Å². The van der Waals surface area contributed by atoms with Crippen molar-refractivity contribution in [2.75, 3.05) is 6.16 Å². The maximum atomic E-state index is 8.87. The van der Waals surface area contributed by atoms with Crippen molar-refractivity contribution < 1.29 is 0 Å². The van der Waals surface area contributed by atoms with E-state index in [0.717, 1.165) is 17.7 Å². The summed E-state index contributed by atoms with van der Waals surface area (Å²) in [6, 6.07) is 2.39. The highest BCUT2D eigenvalue weighted by atomic mass is 31.1. The average molecular weight is 251 g/mol. The van der Waals surface area contributed by atoms with E-state index in [1.54, 1.807) is 0 Å². The molecule has 2 aliphatic rings. The van der Waals surface area contributed by atoms with Gasteiger partial charge >= 0.3 is 0 Å². The maximum absolute atomic E-state index is 8.87. The fourth-order valence-electron chi connectivity index (χ4n) is 3.67. The smallest absolute Gasteiger partial charge is 0.0625 e. The third-order valence-electron chi connectivity index (χ3n) is 4.57. The molecular weight excluding hydrogens is 225 g/mol. The number of hydrogen-bond acceptors (Lipinski definition) is 1. The molecule has 2 aliphatic carbocycles. The molecule has 2 rings (SSSR count). The van der Waals surface area contributed by atoms with Gasteiger partial charge in [-0.1, -0.05) is 46.4 Å². The first kappa shape index (κ1) is 13.4. The van der Waals surface area contributed by atoms with Gasteiger partial charge < -0.3 is 0 Å². The first-order valence-corrected chi connectivity index (χ1v) is 9.21. The molecule has 0 atom stereocenters. The summed E-state index contributed by atoms with van der Waals surface area (Å²) < 4.78 is 0. The van der Waals surface area contributed by atoms with Crippen LogP contribution in [0.25, 0.3) is 0 Å². The minimum atomic E-state index is 0.175. The van der Waals surface area contributed by atoms with Crippen molar-refractivity contribution >= 4 is 7.92 Å². The van der Waals surface area contributed by atoms with Gasteiger partial charge in [0.05, 0.1) is 6.07 Å². The van der Waals surface area contributed by atoms with Gasteiger partial charge in [-0.25, -0.2) is 0 Å². The molecule has 0 aromatic rings. The summed E-state index contributed by atoms with van der Waals surface area (Å²) in [5, 5.41) is 8.87. The lowest BCUT2D eigenvalue weighted by Gasteiger charge is -2.38. The quantitative estimate of drug-likeness (QED) is 0.641. The Morgan fingerprint density at radius 1 is 0.824 bits per heavy atom. The van der Waals surface area contributed by atoms with Crippen LogP contribution in [0.3, 0.4) is 0 Å². The van der Waals surface area contributed by atoms with Gasteiger partial charge in [0, 0.05) is 6.42 Å². The monoisotopic (exact) mass is 251 g/mol.